The van der Waals surface area contributed by atoms with Gasteiger partial charge in [0.15, 0.2) is 11.5 Å². The average Bonchev–Trinajstić information content (AvgIpc) is 3.08. The Balaban J connectivity index is 1.74. The Kier molecular flexibility index (Phi) is 5.44. The highest BCUT2D eigenvalue weighted by molar-refractivity contribution is 6.06. The summed E-state index contributed by atoms with van der Waals surface area (Å²) in [6.45, 7) is 3.91. The molecule has 1 aliphatic rings. The highest BCUT2D eigenvalue weighted by Crippen LogP contribution is 2.31. The first-order valence-corrected chi connectivity index (χ1v) is 8.63. The van der Waals surface area contributed by atoms with Gasteiger partial charge in [0.2, 0.25) is 0 Å². The zero-order chi connectivity index (χ0) is 19.4. The van der Waals surface area contributed by atoms with Crippen molar-refractivity contribution in [2.75, 3.05) is 44.1 Å². The van der Waals surface area contributed by atoms with Gasteiger partial charge in [0.05, 0.1) is 31.7 Å². The van der Waals surface area contributed by atoms with E-state index in [1.165, 1.54) is 20.4 Å². The lowest BCUT2D eigenvalue weighted by atomic mass is 10.1. The first-order valence-electron chi connectivity index (χ1n) is 8.63. The van der Waals surface area contributed by atoms with Gasteiger partial charge in [0.1, 0.15) is 5.82 Å². The number of hydrogen-bond donors (Lipinski definition) is 1. The quantitative estimate of drug-likeness (QED) is 0.845. The van der Waals surface area contributed by atoms with E-state index in [0.717, 1.165) is 0 Å². The molecule has 1 aromatic heterocycles. The average molecular weight is 370 g/mol. The minimum absolute atomic E-state index is 0.0529. The number of carbonyl (C=O) groups excluding carboxylic acids is 2. The molecule has 0 spiro atoms. The summed E-state index contributed by atoms with van der Waals surface area (Å²) in [5.41, 5.74) is 0.877. The van der Waals surface area contributed by atoms with Crippen molar-refractivity contribution in [2.45, 2.75) is 6.92 Å². The van der Waals surface area contributed by atoms with Gasteiger partial charge in [0.25, 0.3) is 5.91 Å². The van der Waals surface area contributed by atoms with E-state index in [2.05, 4.69) is 10.3 Å². The number of para-hydroxylation sites is 1. The maximum Gasteiger partial charge on any atom is 0.325 e. The number of likely N-dealkylation sites (N-methyl/N-ethyl adjacent to an activating group) is 1. The van der Waals surface area contributed by atoms with Gasteiger partial charge < -0.3 is 19.7 Å². The number of carbonyl (C=O) groups is 2. The normalized spacial score (nSPS) is 13.7. The fourth-order valence-corrected chi connectivity index (χ4v) is 2.97. The molecule has 0 aliphatic carbocycles. The van der Waals surface area contributed by atoms with Gasteiger partial charge in [-0.15, -0.1) is 0 Å². The first kappa shape index (κ1) is 18.5. The van der Waals surface area contributed by atoms with E-state index in [1.54, 1.807) is 40.1 Å². The van der Waals surface area contributed by atoms with Crippen molar-refractivity contribution < 1.29 is 19.1 Å². The summed E-state index contributed by atoms with van der Waals surface area (Å²) in [6, 6.07) is 8.47. The van der Waals surface area contributed by atoms with E-state index in [9.17, 15) is 9.59 Å². The molecule has 1 fully saturated rings. The lowest BCUT2D eigenvalue weighted by molar-refractivity contribution is 0.102. The van der Waals surface area contributed by atoms with E-state index < -0.39 is 0 Å². The predicted octanol–water partition coefficient (Wildman–Crippen LogP) is 2.61. The van der Waals surface area contributed by atoms with Crippen LogP contribution in [-0.4, -0.2) is 55.7 Å². The summed E-state index contributed by atoms with van der Waals surface area (Å²) in [5.74, 6) is 1.07. The first-order chi connectivity index (χ1) is 13.1. The fourth-order valence-electron chi connectivity index (χ4n) is 2.97. The second kappa shape index (κ2) is 7.94. The molecule has 1 N–H and O–H groups in total. The minimum Gasteiger partial charge on any atom is -0.493 e. The molecule has 0 unspecified atom stereocenters. The molecule has 0 radical (unpaired) electrons. The van der Waals surface area contributed by atoms with Gasteiger partial charge in [-0.2, -0.15) is 0 Å². The Labute approximate surface area is 157 Å². The molecule has 2 heterocycles. The molecule has 27 heavy (non-hydrogen) atoms. The fraction of sp³-hybridized carbons (Fsp3) is 0.316. The molecular formula is C19H22N4O4. The molecule has 0 saturated carbocycles. The molecule has 8 nitrogen and oxygen atoms in total. The molecule has 1 aromatic carbocycles. The van der Waals surface area contributed by atoms with Crippen LogP contribution in [0.2, 0.25) is 0 Å². The number of benzene rings is 1. The third-order valence-electron chi connectivity index (χ3n) is 4.41. The van der Waals surface area contributed by atoms with Gasteiger partial charge in [0, 0.05) is 19.6 Å². The monoisotopic (exact) mass is 370 g/mol. The van der Waals surface area contributed by atoms with E-state index in [-0.39, 0.29) is 11.9 Å². The highest BCUT2D eigenvalue weighted by atomic mass is 16.5. The topological polar surface area (TPSA) is 84.0 Å². The van der Waals surface area contributed by atoms with Crippen molar-refractivity contribution in [1.82, 2.24) is 9.88 Å². The molecule has 142 valence electrons. The number of nitrogens with one attached hydrogen (secondary N) is 1. The van der Waals surface area contributed by atoms with Crippen molar-refractivity contribution in [2.24, 2.45) is 0 Å². The van der Waals surface area contributed by atoms with Crippen molar-refractivity contribution >= 4 is 23.4 Å². The van der Waals surface area contributed by atoms with Gasteiger partial charge in [-0.1, -0.05) is 6.07 Å². The zero-order valence-corrected chi connectivity index (χ0v) is 15.6. The molecular weight excluding hydrogens is 348 g/mol. The molecule has 8 heteroatoms. The molecule has 2 aromatic rings. The Bertz CT molecular complexity index is 838. The van der Waals surface area contributed by atoms with Crippen molar-refractivity contribution in [3.8, 4) is 11.5 Å². The number of anilines is 2. The Morgan fingerprint density at radius 1 is 1.19 bits per heavy atom. The summed E-state index contributed by atoms with van der Waals surface area (Å²) < 4.78 is 10.5. The van der Waals surface area contributed by atoms with Crippen LogP contribution in [-0.2, 0) is 0 Å². The molecule has 0 atom stereocenters. The van der Waals surface area contributed by atoms with Crippen LogP contribution < -0.4 is 19.7 Å². The van der Waals surface area contributed by atoms with Crippen molar-refractivity contribution in [3.05, 3.63) is 42.1 Å². The molecule has 3 amide bonds. The predicted molar refractivity (Wildman–Crippen MR) is 102 cm³/mol. The Morgan fingerprint density at radius 3 is 2.59 bits per heavy atom. The number of pyridine rings is 1. The van der Waals surface area contributed by atoms with E-state index in [4.69, 9.17) is 9.47 Å². The van der Waals surface area contributed by atoms with E-state index in [1.807, 2.05) is 6.92 Å². The number of aromatic nitrogens is 1. The second-order valence-electron chi connectivity index (χ2n) is 5.91. The second-order valence-corrected chi connectivity index (χ2v) is 5.91. The lowest BCUT2D eigenvalue weighted by Gasteiger charge is -2.17. The van der Waals surface area contributed by atoms with Crippen LogP contribution in [0.25, 0.3) is 0 Å². The smallest absolute Gasteiger partial charge is 0.325 e. The Morgan fingerprint density at radius 2 is 2.00 bits per heavy atom. The van der Waals surface area contributed by atoms with Crippen LogP contribution in [0, 0.1) is 0 Å². The number of nitrogens with zero attached hydrogens (tertiary/aromatic N) is 3. The zero-order valence-electron chi connectivity index (χ0n) is 15.6. The molecule has 1 aliphatic heterocycles. The minimum atomic E-state index is -0.338. The number of methoxy groups -OCH3 is 2. The van der Waals surface area contributed by atoms with Crippen molar-refractivity contribution in [1.29, 1.82) is 0 Å². The van der Waals surface area contributed by atoms with E-state index >= 15 is 0 Å². The summed E-state index contributed by atoms with van der Waals surface area (Å²) in [7, 11) is 3.00. The summed E-state index contributed by atoms with van der Waals surface area (Å²) >= 11 is 0. The van der Waals surface area contributed by atoms with Crippen LogP contribution in [0.1, 0.15) is 17.3 Å². The lowest BCUT2D eigenvalue weighted by Crippen LogP contribution is -2.32. The maximum atomic E-state index is 12.6. The standard InChI is InChI=1S/C19H22N4O4/c1-4-22-10-11-23(19(22)25)16-9-8-13(12-20-16)21-18(24)14-6-5-7-15(26-2)17(14)27-3/h5-9,12H,4,10-11H2,1-3H3,(H,21,24). The van der Waals surface area contributed by atoms with Gasteiger partial charge in [-0.05, 0) is 31.2 Å². The van der Waals surface area contributed by atoms with Gasteiger partial charge in [-0.25, -0.2) is 9.78 Å². The molecule has 3 rings (SSSR count). The van der Waals surface area contributed by atoms with Crippen LogP contribution in [0.3, 0.4) is 0 Å². The van der Waals surface area contributed by atoms with Crippen LogP contribution >= 0.6 is 0 Å². The Hall–Kier alpha value is -3.29. The SMILES string of the molecule is CCN1CCN(c2ccc(NC(=O)c3cccc(OC)c3OC)cn2)C1=O. The van der Waals surface area contributed by atoms with Crippen LogP contribution in [0.5, 0.6) is 11.5 Å². The number of urea groups is 1. The highest BCUT2D eigenvalue weighted by Gasteiger charge is 2.29. The van der Waals surface area contributed by atoms with Crippen LogP contribution in [0.15, 0.2) is 36.5 Å². The summed E-state index contributed by atoms with van der Waals surface area (Å²) in [6.07, 6.45) is 1.53. The third-order valence-corrected chi connectivity index (χ3v) is 4.41. The van der Waals surface area contributed by atoms with Crippen LogP contribution in [0.4, 0.5) is 16.3 Å². The number of amides is 3. The molecule has 1 saturated heterocycles. The summed E-state index contributed by atoms with van der Waals surface area (Å²) in [5, 5.41) is 2.78. The van der Waals surface area contributed by atoms with Gasteiger partial charge in [-0.3, -0.25) is 9.69 Å². The van der Waals surface area contributed by atoms with Gasteiger partial charge >= 0.3 is 6.03 Å². The largest absolute Gasteiger partial charge is 0.493 e. The van der Waals surface area contributed by atoms with Crippen molar-refractivity contribution in [3.63, 3.8) is 0 Å². The maximum absolute atomic E-state index is 12.6. The van der Waals surface area contributed by atoms with E-state index in [0.29, 0.717) is 48.2 Å². The molecule has 0 bridgehead atoms. The number of rotatable bonds is 6. The summed E-state index contributed by atoms with van der Waals surface area (Å²) in [4.78, 5) is 32.5. The number of ether oxygens (including phenoxy) is 2. The third kappa shape index (κ3) is 3.64. The number of hydrogen-bond acceptors (Lipinski definition) is 5.